The molecule has 0 spiro atoms. The minimum atomic E-state index is -0.335. The van der Waals surface area contributed by atoms with E-state index in [-0.39, 0.29) is 5.97 Å². The monoisotopic (exact) mass is 257 g/mol. The third-order valence-corrected chi connectivity index (χ3v) is 2.45. The molecule has 0 saturated heterocycles. The highest BCUT2D eigenvalue weighted by Crippen LogP contribution is 2.24. The first-order valence-electron chi connectivity index (χ1n) is 5.87. The molecule has 4 heteroatoms. The van der Waals surface area contributed by atoms with Crippen molar-refractivity contribution < 1.29 is 14.3 Å². The predicted octanol–water partition coefficient (Wildman–Crippen LogP) is 3.36. The summed E-state index contributed by atoms with van der Waals surface area (Å²) in [7, 11) is 1.63. The van der Waals surface area contributed by atoms with E-state index in [2.05, 4.69) is 5.32 Å². The zero-order valence-corrected chi connectivity index (χ0v) is 10.8. The Balaban J connectivity index is 2.15. The van der Waals surface area contributed by atoms with E-state index in [0.29, 0.717) is 5.75 Å². The minimum absolute atomic E-state index is 0.335. The number of anilines is 2. The Morgan fingerprint density at radius 3 is 2.16 bits per heavy atom. The average molecular weight is 257 g/mol. The van der Waals surface area contributed by atoms with Crippen LogP contribution < -0.4 is 14.8 Å². The Kier molecular flexibility index (Phi) is 4.03. The van der Waals surface area contributed by atoms with Crippen LogP contribution in [0.5, 0.6) is 11.5 Å². The molecule has 0 amide bonds. The minimum Gasteiger partial charge on any atom is -0.497 e. The molecule has 0 radical (unpaired) electrons. The summed E-state index contributed by atoms with van der Waals surface area (Å²) >= 11 is 0. The Labute approximate surface area is 112 Å². The number of hydrogen-bond acceptors (Lipinski definition) is 4. The fourth-order valence-corrected chi connectivity index (χ4v) is 1.67. The molecule has 19 heavy (non-hydrogen) atoms. The molecular weight excluding hydrogens is 242 g/mol. The summed E-state index contributed by atoms with van der Waals surface area (Å²) in [5, 5.41) is 3.22. The molecular formula is C15H15NO3. The van der Waals surface area contributed by atoms with Crippen molar-refractivity contribution in [2.24, 2.45) is 0 Å². The van der Waals surface area contributed by atoms with Crippen molar-refractivity contribution in [2.45, 2.75) is 6.92 Å². The first-order chi connectivity index (χ1) is 9.17. The molecule has 2 aromatic carbocycles. The van der Waals surface area contributed by atoms with Crippen molar-refractivity contribution in [1.82, 2.24) is 0 Å². The number of benzene rings is 2. The molecule has 0 aliphatic rings. The van der Waals surface area contributed by atoms with Crippen LogP contribution in [0.3, 0.4) is 0 Å². The van der Waals surface area contributed by atoms with Crippen molar-refractivity contribution in [3.05, 3.63) is 48.5 Å². The molecule has 0 aliphatic heterocycles. The van der Waals surface area contributed by atoms with Gasteiger partial charge >= 0.3 is 5.97 Å². The van der Waals surface area contributed by atoms with Crippen LogP contribution in [0.1, 0.15) is 6.92 Å². The number of nitrogens with one attached hydrogen (secondary N) is 1. The van der Waals surface area contributed by atoms with E-state index >= 15 is 0 Å². The first-order valence-corrected chi connectivity index (χ1v) is 5.87. The molecule has 0 unspecified atom stereocenters. The Bertz CT molecular complexity index is 581. The number of methoxy groups -OCH3 is 1. The number of carbonyl (C=O) groups is 1. The quantitative estimate of drug-likeness (QED) is 0.674. The number of ether oxygens (including phenoxy) is 2. The lowest BCUT2D eigenvalue weighted by molar-refractivity contribution is -0.131. The molecule has 0 fully saturated rings. The van der Waals surface area contributed by atoms with Gasteiger partial charge in [-0.1, -0.05) is 12.1 Å². The first kappa shape index (κ1) is 13.0. The topological polar surface area (TPSA) is 47.6 Å². The number of carbonyl (C=O) groups excluding carboxylic acids is 1. The van der Waals surface area contributed by atoms with E-state index < -0.39 is 0 Å². The van der Waals surface area contributed by atoms with Gasteiger partial charge in [0.15, 0.2) is 0 Å². The van der Waals surface area contributed by atoms with E-state index in [1.165, 1.54) is 6.92 Å². The van der Waals surface area contributed by atoms with E-state index in [9.17, 15) is 4.79 Å². The van der Waals surface area contributed by atoms with Crippen molar-refractivity contribution in [3.8, 4) is 11.5 Å². The lowest BCUT2D eigenvalue weighted by Gasteiger charge is -2.09. The second-order valence-corrected chi connectivity index (χ2v) is 3.98. The van der Waals surface area contributed by atoms with Gasteiger partial charge < -0.3 is 14.8 Å². The predicted molar refractivity (Wildman–Crippen MR) is 74.0 cm³/mol. The maximum absolute atomic E-state index is 10.9. The standard InChI is InChI=1S/C15H15NO3/c1-11(17)19-15-8-4-6-13(10-15)16-12-5-3-7-14(9-12)18-2/h3-10,16H,1-2H3. The molecule has 1 N–H and O–H groups in total. The third-order valence-electron chi connectivity index (χ3n) is 2.45. The highest BCUT2D eigenvalue weighted by atomic mass is 16.5. The van der Waals surface area contributed by atoms with Crippen LogP contribution in [0.15, 0.2) is 48.5 Å². The molecule has 0 atom stereocenters. The molecule has 98 valence electrons. The largest absolute Gasteiger partial charge is 0.497 e. The molecule has 0 aliphatic carbocycles. The van der Waals surface area contributed by atoms with E-state index in [1.807, 2.05) is 36.4 Å². The average Bonchev–Trinajstić information content (AvgIpc) is 2.38. The summed E-state index contributed by atoms with van der Waals surface area (Å²) in [6.07, 6.45) is 0. The van der Waals surface area contributed by atoms with Crippen LogP contribution >= 0.6 is 0 Å². The summed E-state index contributed by atoms with van der Waals surface area (Å²) in [6.45, 7) is 1.38. The van der Waals surface area contributed by atoms with Gasteiger partial charge in [0.1, 0.15) is 11.5 Å². The maximum atomic E-state index is 10.9. The molecule has 2 aromatic rings. The number of rotatable bonds is 4. The highest BCUT2D eigenvalue weighted by molar-refractivity contribution is 5.70. The second kappa shape index (κ2) is 5.91. The number of hydrogen-bond donors (Lipinski definition) is 1. The summed E-state index contributed by atoms with van der Waals surface area (Å²) < 4.78 is 10.2. The Morgan fingerprint density at radius 2 is 1.58 bits per heavy atom. The van der Waals surface area contributed by atoms with E-state index in [0.717, 1.165) is 17.1 Å². The van der Waals surface area contributed by atoms with Crippen molar-refractivity contribution >= 4 is 17.3 Å². The normalized spacial score (nSPS) is 9.79. The molecule has 0 aromatic heterocycles. The second-order valence-electron chi connectivity index (χ2n) is 3.98. The van der Waals surface area contributed by atoms with Gasteiger partial charge in [0.05, 0.1) is 7.11 Å². The Hall–Kier alpha value is -2.49. The van der Waals surface area contributed by atoms with Gasteiger partial charge in [0.2, 0.25) is 0 Å². The smallest absolute Gasteiger partial charge is 0.308 e. The summed E-state index contributed by atoms with van der Waals surface area (Å²) in [5.41, 5.74) is 1.74. The van der Waals surface area contributed by atoms with Gasteiger partial charge in [0.25, 0.3) is 0 Å². The SMILES string of the molecule is COc1cccc(Nc2cccc(OC(C)=O)c2)c1. The highest BCUT2D eigenvalue weighted by Gasteiger charge is 2.01. The molecule has 4 nitrogen and oxygen atoms in total. The zero-order valence-electron chi connectivity index (χ0n) is 10.8. The fourth-order valence-electron chi connectivity index (χ4n) is 1.67. The lowest BCUT2D eigenvalue weighted by atomic mass is 10.2. The van der Waals surface area contributed by atoms with E-state index in [1.54, 1.807) is 19.2 Å². The van der Waals surface area contributed by atoms with Gasteiger partial charge in [0, 0.05) is 30.4 Å². The summed E-state index contributed by atoms with van der Waals surface area (Å²) in [4.78, 5) is 10.9. The van der Waals surface area contributed by atoms with Gasteiger partial charge in [-0.25, -0.2) is 0 Å². The maximum Gasteiger partial charge on any atom is 0.308 e. The van der Waals surface area contributed by atoms with E-state index in [4.69, 9.17) is 9.47 Å². The van der Waals surface area contributed by atoms with Crippen LogP contribution in [0.4, 0.5) is 11.4 Å². The number of esters is 1. The zero-order chi connectivity index (χ0) is 13.7. The van der Waals surface area contributed by atoms with Crippen LogP contribution in [0, 0.1) is 0 Å². The van der Waals surface area contributed by atoms with Crippen LogP contribution in [-0.2, 0) is 4.79 Å². The molecule has 0 heterocycles. The fraction of sp³-hybridized carbons (Fsp3) is 0.133. The summed E-state index contributed by atoms with van der Waals surface area (Å²) in [5.74, 6) is 0.958. The molecule has 2 rings (SSSR count). The van der Waals surface area contributed by atoms with Crippen LogP contribution in [0.25, 0.3) is 0 Å². The van der Waals surface area contributed by atoms with Gasteiger partial charge in [-0.2, -0.15) is 0 Å². The third kappa shape index (κ3) is 3.74. The van der Waals surface area contributed by atoms with Crippen molar-refractivity contribution in [3.63, 3.8) is 0 Å². The van der Waals surface area contributed by atoms with Gasteiger partial charge in [-0.3, -0.25) is 4.79 Å². The van der Waals surface area contributed by atoms with Gasteiger partial charge in [-0.05, 0) is 24.3 Å². The lowest BCUT2D eigenvalue weighted by Crippen LogP contribution is -2.01. The van der Waals surface area contributed by atoms with Gasteiger partial charge in [-0.15, -0.1) is 0 Å². The van der Waals surface area contributed by atoms with Crippen LogP contribution in [0.2, 0.25) is 0 Å². The molecule has 0 saturated carbocycles. The van der Waals surface area contributed by atoms with Crippen molar-refractivity contribution in [2.75, 3.05) is 12.4 Å². The van der Waals surface area contributed by atoms with Crippen molar-refractivity contribution in [1.29, 1.82) is 0 Å². The van der Waals surface area contributed by atoms with Crippen LogP contribution in [-0.4, -0.2) is 13.1 Å². The summed E-state index contributed by atoms with van der Waals surface area (Å²) in [6, 6.07) is 14.8. The molecule has 0 bridgehead atoms. The Morgan fingerprint density at radius 1 is 1.00 bits per heavy atom.